The number of nitrogens with zero attached hydrogens (tertiary/aromatic N) is 1. The van der Waals surface area contributed by atoms with Gasteiger partial charge in [0.25, 0.3) is 0 Å². The van der Waals surface area contributed by atoms with Gasteiger partial charge in [-0.05, 0) is 41.5 Å². The van der Waals surface area contributed by atoms with Gasteiger partial charge in [-0.25, -0.2) is 0 Å². The fraction of sp³-hybridized carbons (Fsp3) is 0. The third kappa shape index (κ3) is 2.51. The lowest BCUT2D eigenvalue weighted by Gasteiger charge is -2.02. The van der Waals surface area contributed by atoms with Gasteiger partial charge in [-0.15, -0.1) is 11.3 Å². The Balaban J connectivity index is 1.69. The van der Waals surface area contributed by atoms with Crippen molar-refractivity contribution in [1.82, 2.24) is 4.98 Å². The molecule has 3 aromatic carbocycles. The molecule has 118 valence electrons. The van der Waals surface area contributed by atoms with Gasteiger partial charge < -0.3 is 0 Å². The van der Waals surface area contributed by atoms with Crippen LogP contribution < -0.4 is 0 Å². The number of fused-ring (bicyclic) bond motifs is 3. The van der Waals surface area contributed by atoms with E-state index in [1.165, 1.54) is 36.9 Å². The summed E-state index contributed by atoms with van der Waals surface area (Å²) >= 11 is 1.85. The molecule has 0 unspecified atom stereocenters. The number of pyridine rings is 1. The van der Waals surface area contributed by atoms with Crippen LogP contribution in [0.5, 0.6) is 0 Å². The van der Waals surface area contributed by atoms with Crippen LogP contribution in [0.2, 0.25) is 0 Å². The highest BCUT2D eigenvalue weighted by atomic mass is 32.1. The normalized spacial score (nSPS) is 11.2. The van der Waals surface area contributed by atoms with Crippen molar-refractivity contribution >= 4 is 31.5 Å². The minimum atomic E-state index is 1.02. The zero-order valence-electron chi connectivity index (χ0n) is 13.5. The second-order valence-electron chi connectivity index (χ2n) is 6.10. The first-order valence-electron chi connectivity index (χ1n) is 8.32. The van der Waals surface area contributed by atoms with E-state index in [0.29, 0.717) is 0 Å². The highest BCUT2D eigenvalue weighted by molar-refractivity contribution is 7.25. The van der Waals surface area contributed by atoms with Gasteiger partial charge in [-0.3, -0.25) is 4.98 Å². The number of hydrogen-bond acceptors (Lipinski definition) is 2. The van der Waals surface area contributed by atoms with Crippen LogP contribution in [-0.2, 0) is 0 Å². The molecule has 0 bridgehead atoms. The lowest BCUT2D eigenvalue weighted by molar-refractivity contribution is 1.33. The Kier molecular flexibility index (Phi) is 3.36. The van der Waals surface area contributed by atoms with Crippen LogP contribution >= 0.6 is 11.3 Å². The van der Waals surface area contributed by atoms with E-state index in [2.05, 4.69) is 77.8 Å². The molecule has 2 heterocycles. The van der Waals surface area contributed by atoms with E-state index in [1.54, 1.807) is 0 Å². The molecular formula is C23H15NS. The summed E-state index contributed by atoms with van der Waals surface area (Å²) in [6, 6.07) is 30.0. The molecule has 0 aliphatic rings. The van der Waals surface area contributed by atoms with E-state index in [9.17, 15) is 0 Å². The Bertz CT molecular complexity index is 1170. The van der Waals surface area contributed by atoms with Crippen LogP contribution in [0.15, 0.2) is 91.1 Å². The second-order valence-corrected chi connectivity index (χ2v) is 7.19. The molecule has 0 N–H and O–H groups in total. The molecule has 0 radical (unpaired) electrons. The summed E-state index contributed by atoms with van der Waals surface area (Å²) in [6.07, 6.45) is 1.84. The lowest BCUT2D eigenvalue weighted by atomic mass is 10.0. The van der Waals surface area contributed by atoms with E-state index in [-0.39, 0.29) is 0 Å². The first kappa shape index (κ1) is 14.4. The van der Waals surface area contributed by atoms with Gasteiger partial charge in [0.2, 0.25) is 0 Å². The first-order valence-corrected chi connectivity index (χ1v) is 9.13. The summed E-state index contributed by atoms with van der Waals surface area (Å²) in [5.74, 6) is 0. The summed E-state index contributed by atoms with van der Waals surface area (Å²) in [7, 11) is 0. The molecular weight excluding hydrogens is 322 g/mol. The number of benzene rings is 3. The molecule has 5 aromatic rings. The number of aromatic nitrogens is 1. The standard InChI is InChI=1S/C23H15NS/c1-2-6-16(7-3-1)17-9-11-19-20-14-18(21-8-4-5-13-24-21)10-12-22(20)25-23(19)15-17/h1-15H. The van der Waals surface area contributed by atoms with Gasteiger partial charge in [-0.2, -0.15) is 0 Å². The fourth-order valence-electron chi connectivity index (χ4n) is 3.28. The third-order valence-electron chi connectivity index (χ3n) is 4.54. The van der Waals surface area contributed by atoms with Crippen LogP contribution in [0, 0.1) is 0 Å². The van der Waals surface area contributed by atoms with Crippen molar-refractivity contribution in [3.63, 3.8) is 0 Å². The van der Waals surface area contributed by atoms with Crippen molar-refractivity contribution in [2.75, 3.05) is 0 Å². The molecule has 2 aromatic heterocycles. The van der Waals surface area contributed by atoms with E-state index in [1.807, 2.05) is 29.7 Å². The van der Waals surface area contributed by atoms with Gasteiger partial charge in [0.15, 0.2) is 0 Å². The third-order valence-corrected chi connectivity index (χ3v) is 5.67. The zero-order chi connectivity index (χ0) is 16.6. The summed E-state index contributed by atoms with van der Waals surface area (Å²) in [5, 5.41) is 2.63. The highest BCUT2D eigenvalue weighted by Crippen LogP contribution is 2.38. The van der Waals surface area contributed by atoms with Crippen molar-refractivity contribution in [3.8, 4) is 22.4 Å². The highest BCUT2D eigenvalue weighted by Gasteiger charge is 2.08. The Morgan fingerprint density at radius 1 is 0.560 bits per heavy atom. The van der Waals surface area contributed by atoms with Gasteiger partial charge in [0.1, 0.15) is 0 Å². The predicted molar refractivity (Wildman–Crippen MR) is 108 cm³/mol. The number of hydrogen-bond donors (Lipinski definition) is 0. The molecule has 1 nitrogen and oxygen atoms in total. The predicted octanol–water partition coefficient (Wildman–Crippen LogP) is 6.78. The molecule has 0 saturated carbocycles. The van der Waals surface area contributed by atoms with Gasteiger partial charge in [0.05, 0.1) is 5.69 Å². The van der Waals surface area contributed by atoms with Crippen LogP contribution in [-0.4, -0.2) is 4.98 Å². The second kappa shape index (κ2) is 5.83. The van der Waals surface area contributed by atoms with Crippen molar-refractivity contribution in [1.29, 1.82) is 0 Å². The Morgan fingerprint density at radius 3 is 2.24 bits per heavy atom. The van der Waals surface area contributed by atoms with Crippen molar-refractivity contribution in [2.45, 2.75) is 0 Å². The molecule has 0 fully saturated rings. The van der Waals surface area contributed by atoms with Crippen molar-refractivity contribution in [2.24, 2.45) is 0 Å². The minimum Gasteiger partial charge on any atom is -0.256 e. The topological polar surface area (TPSA) is 12.9 Å². The first-order chi connectivity index (χ1) is 12.4. The monoisotopic (exact) mass is 337 g/mol. The average Bonchev–Trinajstić information content (AvgIpc) is 3.06. The SMILES string of the molecule is c1ccc(-c2ccc3c(c2)sc2ccc(-c4ccccn4)cc23)cc1. The Morgan fingerprint density at radius 2 is 1.40 bits per heavy atom. The van der Waals surface area contributed by atoms with Crippen LogP contribution in [0.3, 0.4) is 0 Å². The molecule has 5 rings (SSSR count). The molecule has 0 aliphatic heterocycles. The molecule has 0 atom stereocenters. The maximum Gasteiger partial charge on any atom is 0.0702 e. The number of rotatable bonds is 2. The Labute approximate surface area is 150 Å². The molecule has 0 saturated heterocycles. The molecule has 0 spiro atoms. The molecule has 25 heavy (non-hydrogen) atoms. The smallest absolute Gasteiger partial charge is 0.0702 e. The summed E-state index contributed by atoms with van der Waals surface area (Å²) < 4.78 is 2.65. The van der Waals surface area contributed by atoms with Crippen LogP contribution in [0.1, 0.15) is 0 Å². The quantitative estimate of drug-likeness (QED) is 0.346. The maximum atomic E-state index is 4.48. The largest absolute Gasteiger partial charge is 0.256 e. The van der Waals surface area contributed by atoms with E-state index >= 15 is 0 Å². The van der Waals surface area contributed by atoms with Crippen LogP contribution in [0.4, 0.5) is 0 Å². The fourth-order valence-corrected chi connectivity index (χ4v) is 4.41. The maximum absolute atomic E-state index is 4.48. The van der Waals surface area contributed by atoms with E-state index < -0.39 is 0 Å². The molecule has 0 aliphatic carbocycles. The van der Waals surface area contributed by atoms with Gasteiger partial charge >= 0.3 is 0 Å². The summed E-state index contributed by atoms with van der Waals surface area (Å²) in [5.41, 5.74) is 4.71. The Hall–Kier alpha value is -2.97. The van der Waals surface area contributed by atoms with Crippen molar-refractivity contribution < 1.29 is 0 Å². The average molecular weight is 337 g/mol. The zero-order valence-corrected chi connectivity index (χ0v) is 14.3. The molecule has 2 heteroatoms. The van der Waals surface area contributed by atoms with Gasteiger partial charge in [0, 0.05) is 31.9 Å². The summed E-state index contributed by atoms with van der Waals surface area (Å²) in [6.45, 7) is 0. The molecule has 0 amide bonds. The number of thiophene rings is 1. The van der Waals surface area contributed by atoms with Crippen LogP contribution in [0.25, 0.3) is 42.6 Å². The van der Waals surface area contributed by atoms with E-state index in [4.69, 9.17) is 0 Å². The minimum absolute atomic E-state index is 1.02. The van der Waals surface area contributed by atoms with Gasteiger partial charge in [-0.1, -0.05) is 54.6 Å². The summed E-state index contributed by atoms with van der Waals surface area (Å²) in [4.78, 5) is 4.48. The van der Waals surface area contributed by atoms with Crippen molar-refractivity contribution in [3.05, 3.63) is 91.1 Å². The lowest BCUT2D eigenvalue weighted by Crippen LogP contribution is -1.81. The van der Waals surface area contributed by atoms with E-state index in [0.717, 1.165) is 5.69 Å².